The first kappa shape index (κ1) is 14.6. The van der Waals surface area contributed by atoms with Crippen LogP contribution in [0.3, 0.4) is 0 Å². The van der Waals surface area contributed by atoms with Crippen molar-refractivity contribution in [2.24, 2.45) is 0 Å². The van der Waals surface area contributed by atoms with Crippen molar-refractivity contribution >= 4 is 11.3 Å². The van der Waals surface area contributed by atoms with Gasteiger partial charge in [0.25, 0.3) is 0 Å². The summed E-state index contributed by atoms with van der Waals surface area (Å²) in [7, 11) is 3.71. The Morgan fingerprint density at radius 2 is 2.00 bits per heavy atom. The molecule has 0 spiro atoms. The third-order valence-electron chi connectivity index (χ3n) is 3.10. The molecule has 0 saturated heterocycles. The van der Waals surface area contributed by atoms with E-state index in [9.17, 15) is 0 Å². The first-order valence-electron chi connectivity index (χ1n) is 5.98. The van der Waals surface area contributed by atoms with E-state index in [4.69, 9.17) is 9.72 Å². The first-order chi connectivity index (χ1) is 7.83. The predicted molar refractivity (Wildman–Crippen MR) is 73.7 cm³/mol. The van der Waals surface area contributed by atoms with Gasteiger partial charge in [-0.15, -0.1) is 11.3 Å². The number of rotatable bonds is 5. The van der Waals surface area contributed by atoms with Gasteiger partial charge in [0.05, 0.1) is 11.2 Å². The van der Waals surface area contributed by atoms with Crippen LogP contribution in [0.5, 0.6) is 0 Å². The standard InChI is InChI=1S/C13H24N2OS/c1-12(2,3)10-9-17-11(15-10)13(4,14-5)7-8-16-6/h9,14H,7-8H2,1-6H3. The molecule has 0 amide bonds. The maximum atomic E-state index is 5.17. The second-order valence-corrected chi connectivity index (χ2v) is 6.47. The van der Waals surface area contributed by atoms with Crippen LogP contribution in [0.1, 0.15) is 44.8 Å². The Morgan fingerprint density at radius 1 is 1.35 bits per heavy atom. The van der Waals surface area contributed by atoms with Gasteiger partial charge in [-0.3, -0.25) is 0 Å². The topological polar surface area (TPSA) is 34.1 Å². The molecular formula is C13H24N2OS. The molecule has 0 aliphatic carbocycles. The maximum absolute atomic E-state index is 5.17. The quantitative estimate of drug-likeness (QED) is 0.879. The number of aromatic nitrogens is 1. The predicted octanol–water partition coefficient (Wildman–Crippen LogP) is 2.91. The van der Waals surface area contributed by atoms with Gasteiger partial charge in [-0.2, -0.15) is 0 Å². The third-order valence-corrected chi connectivity index (χ3v) is 4.21. The molecule has 1 unspecified atom stereocenters. The molecule has 1 aromatic rings. The van der Waals surface area contributed by atoms with Gasteiger partial charge < -0.3 is 10.1 Å². The molecule has 0 fully saturated rings. The molecule has 17 heavy (non-hydrogen) atoms. The number of hydrogen-bond donors (Lipinski definition) is 1. The van der Waals surface area contributed by atoms with Crippen LogP contribution in [0.25, 0.3) is 0 Å². The van der Waals surface area contributed by atoms with Gasteiger partial charge in [0, 0.05) is 24.5 Å². The monoisotopic (exact) mass is 256 g/mol. The van der Waals surface area contributed by atoms with Gasteiger partial charge in [0.2, 0.25) is 0 Å². The minimum atomic E-state index is -0.0931. The Balaban J connectivity index is 2.93. The Morgan fingerprint density at radius 3 is 2.41 bits per heavy atom. The Hall–Kier alpha value is -0.450. The molecule has 0 bridgehead atoms. The van der Waals surface area contributed by atoms with E-state index >= 15 is 0 Å². The van der Waals surface area contributed by atoms with Crippen LogP contribution in [-0.2, 0) is 15.7 Å². The first-order valence-corrected chi connectivity index (χ1v) is 6.86. The van der Waals surface area contributed by atoms with E-state index in [1.54, 1.807) is 18.4 Å². The van der Waals surface area contributed by atoms with Gasteiger partial charge >= 0.3 is 0 Å². The van der Waals surface area contributed by atoms with Crippen molar-refractivity contribution in [3.63, 3.8) is 0 Å². The second kappa shape index (κ2) is 5.46. The molecule has 1 heterocycles. The summed E-state index contributed by atoms with van der Waals surface area (Å²) < 4.78 is 5.17. The summed E-state index contributed by atoms with van der Waals surface area (Å²) in [5.41, 5.74) is 1.19. The van der Waals surface area contributed by atoms with E-state index in [0.29, 0.717) is 0 Å². The van der Waals surface area contributed by atoms with Crippen molar-refractivity contribution in [3.8, 4) is 0 Å². The van der Waals surface area contributed by atoms with E-state index in [2.05, 4.69) is 38.4 Å². The maximum Gasteiger partial charge on any atom is 0.113 e. The number of ether oxygens (including phenoxy) is 1. The Bertz CT molecular complexity index is 357. The number of nitrogens with one attached hydrogen (secondary N) is 1. The summed E-state index contributed by atoms with van der Waals surface area (Å²) >= 11 is 1.73. The van der Waals surface area contributed by atoms with Crippen molar-refractivity contribution in [3.05, 3.63) is 16.1 Å². The zero-order valence-electron chi connectivity index (χ0n) is 11.8. The van der Waals surface area contributed by atoms with E-state index in [-0.39, 0.29) is 11.0 Å². The van der Waals surface area contributed by atoms with Crippen LogP contribution in [-0.4, -0.2) is 25.7 Å². The van der Waals surface area contributed by atoms with Gasteiger partial charge in [0.1, 0.15) is 5.01 Å². The van der Waals surface area contributed by atoms with Crippen LogP contribution in [0, 0.1) is 0 Å². The van der Waals surface area contributed by atoms with Crippen LogP contribution < -0.4 is 5.32 Å². The van der Waals surface area contributed by atoms with Crippen LogP contribution in [0.15, 0.2) is 5.38 Å². The highest BCUT2D eigenvalue weighted by Crippen LogP contribution is 2.31. The lowest BCUT2D eigenvalue weighted by molar-refractivity contribution is 0.162. The molecule has 98 valence electrons. The molecular weight excluding hydrogens is 232 g/mol. The average Bonchev–Trinajstić information content (AvgIpc) is 2.75. The van der Waals surface area contributed by atoms with Crippen molar-refractivity contribution in [2.75, 3.05) is 20.8 Å². The molecule has 1 N–H and O–H groups in total. The van der Waals surface area contributed by atoms with Crippen molar-refractivity contribution in [1.29, 1.82) is 0 Å². The van der Waals surface area contributed by atoms with E-state index in [1.165, 1.54) is 0 Å². The molecule has 4 heteroatoms. The molecule has 0 aliphatic heterocycles. The zero-order valence-corrected chi connectivity index (χ0v) is 12.6. The number of hydrogen-bond acceptors (Lipinski definition) is 4. The molecule has 1 aromatic heterocycles. The lowest BCUT2D eigenvalue weighted by Crippen LogP contribution is -2.38. The summed E-state index contributed by atoms with van der Waals surface area (Å²) in [6, 6.07) is 0. The van der Waals surface area contributed by atoms with Crippen molar-refractivity contribution in [1.82, 2.24) is 10.3 Å². The van der Waals surface area contributed by atoms with Gasteiger partial charge in [-0.25, -0.2) is 4.98 Å². The molecule has 0 radical (unpaired) electrons. The van der Waals surface area contributed by atoms with Crippen LogP contribution in [0.4, 0.5) is 0 Å². The van der Waals surface area contributed by atoms with E-state index < -0.39 is 0 Å². The van der Waals surface area contributed by atoms with Gasteiger partial charge in [-0.1, -0.05) is 20.8 Å². The largest absolute Gasteiger partial charge is 0.385 e. The average molecular weight is 256 g/mol. The summed E-state index contributed by atoms with van der Waals surface area (Å²) in [5.74, 6) is 0. The Kier molecular flexibility index (Phi) is 4.69. The smallest absolute Gasteiger partial charge is 0.113 e. The fourth-order valence-corrected chi connectivity index (χ4v) is 2.76. The lowest BCUT2D eigenvalue weighted by Gasteiger charge is -2.26. The zero-order chi connectivity index (χ0) is 13.1. The van der Waals surface area contributed by atoms with Gasteiger partial charge in [0.15, 0.2) is 0 Å². The van der Waals surface area contributed by atoms with Crippen molar-refractivity contribution < 1.29 is 4.74 Å². The van der Waals surface area contributed by atoms with Crippen LogP contribution >= 0.6 is 11.3 Å². The van der Waals surface area contributed by atoms with Crippen LogP contribution in [0.2, 0.25) is 0 Å². The summed E-state index contributed by atoms with van der Waals surface area (Å²) in [4.78, 5) is 4.78. The highest BCUT2D eigenvalue weighted by atomic mass is 32.1. The van der Waals surface area contributed by atoms with E-state index in [0.717, 1.165) is 23.7 Å². The normalized spacial score (nSPS) is 15.9. The minimum absolute atomic E-state index is 0.0931. The van der Waals surface area contributed by atoms with E-state index in [1.807, 2.05) is 7.05 Å². The lowest BCUT2D eigenvalue weighted by atomic mass is 9.93. The van der Waals surface area contributed by atoms with Gasteiger partial charge in [-0.05, 0) is 20.4 Å². The third kappa shape index (κ3) is 3.50. The molecule has 0 aliphatic rings. The molecule has 1 atom stereocenters. The molecule has 1 rings (SSSR count). The fraction of sp³-hybridized carbons (Fsp3) is 0.769. The fourth-order valence-electron chi connectivity index (χ4n) is 1.52. The molecule has 0 aromatic carbocycles. The highest BCUT2D eigenvalue weighted by molar-refractivity contribution is 7.09. The summed E-state index contributed by atoms with van der Waals surface area (Å²) in [5, 5.41) is 6.67. The highest BCUT2D eigenvalue weighted by Gasteiger charge is 2.29. The Labute approximate surface area is 109 Å². The second-order valence-electron chi connectivity index (χ2n) is 5.61. The molecule has 3 nitrogen and oxygen atoms in total. The number of methoxy groups -OCH3 is 1. The number of thiazole rings is 1. The number of nitrogens with zero attached hydrogens (tertiary/aromatic N) is 1. The summed E-state index contributed by atoms with van der Waals surface area (Å²) in [6.45, 7) is 9.49. The SMILES string of the molecule is CNC(C)(CCOC)c1nc(C(C)(C)C)cs1. The minimum Gasteiger partial charge on any atom is -0.385 e. The molecule has 0 saturated carbocycles. The van der Waals surface area contributed by atoms with Crippen molar-refractivity contribution in [2.45, 2.75) is 45.1 Å². The summed E-state index contributed by atoms with van der Waals surface area (Å²) in [6.07, 6.45) is 0.928.